The summed E-state index contributed by atoms with van der Waals surface area (Å²) in [4.78, 5) is 242. The fraction of sp³-hybridized carbons (Fsp3) is 0.768. The van der Waals surface area contributed by atoms with Crippen molar-refractivity contribution in [1.82, 2.24) is 47.0 Å². The molecule has 4 saturated heterocycles. The lowest BCUT2D eigenvalue weighted by Crippen LogP contribution is -2.66. The molecule has 48 heteroatoms. The Morgan fingerprint density at radius 1 is 0.277 bits per heavy atom. The van der Waals surface area contributed by atoms with E-state index in [1.807, 2.05) is 0 Å². The molecule has 4 aliphatic heterocycles. The highest BCUT2D eigenvalue weighted by molar-refractivity contribution is 5.80. The van der Waals surface area contributed by atoms with E-state index < -0.39 is 250 Å². The molecule has 8 N–H and O–H groups in total. The van der Waals surface area contributed by atoms with Crippen LogP contribution >= 0.6 is 0 Å². The summed E-state index contributed by atoms with van der Waals surface area (Å²) in [6.07, 6.45) is -20.3. The quantitative estimate of drug-likeness (QED) is 0.0174. The van der Waals surface area contributed by atoms with Crippen LogP contribution in [0.25, 0.3) is 0 Å². The number of amides is 8. The smallest absolute Gasteiger partial charge is 0.303 e. The molecule has 130 heavy (non-hydrogen) atoms. The van der Waals surface area contributed by atoms with Crippen LogP contribution in [0.3, 0.4) is 0 Å². The van der Waals surface area contributed by atoms with Gasteiger partial charge >= 0.3 is 65.7 Å². The van der Waals surface area contributed by atoms with Crippen LogP contribution in [0.4, 0.5) is 0 Å². The van der Waals surface area contributed by atoms with Gasteiger partial charge in [-0.25, -0.2) is 0 Å². The number of hydrogen-bond acceptors (Lipinski definition) is 40. The number of hydrogen-bond donors (Lipinski definition) is 8. The van der Waals surface area contributed by atoms with Crippen molar-refractivity contribution in [3.63, 3.8) is 0 Å². The van der Waals surface area contributed by atoms with E-state index >= 15 is 0 Å². The summed E-state index contributed by atoms with van der Waals surface area (Å²) in [6, 6.07) is -4.98. The van der Waals surface area contributed by atoms with Crippen molar-refractivity contribution in [2.45, 2.75) is 303 Å². The van der Waals surface area contributed by atoms with Gasteiger partial charge in [-0.05, 0) is 51.4 Å². The number of unbranched alkanes of at least 4 members (excludes halogenated alkanes) is 4. The van der Waals surface area contributed by atoms with E-state index in [4.69, 9.17) is 90.0 Å². The Balaban J connectivity index is 1.54. The predicted molar refractivity (Wildman–Crippen MR) is 438 cm³/mol. The fourth-order valence-corrected chi connectivity index (χ4v) is 14.2. The van der Waals surface area contributed by atoms with Crippen LogP contribution in [0, 0.1) is 0 Å². The highest BCUT2D eigenvalue weighted by atomic mass is 16.7. The van der Waals surface area contributed by atoms with E-state index in [9.17, 15) is 96.2 Å². The summed E-state index contributed by atoms with van der Waals surface area (Å²) in [5.74, 6) is -12.5. The molecule has 4 heterocycles. The maximum atomic E-state index is 14.4. The van der Waals surface area contributed by atoms with Crippen molar-refractivity contribution in [2.75, 3.05) is 105 Å². The van der Waals surface area contributed by atoms with Crippen LogP contribution in [0.2, 0.25) is 0 Å². The number of aliphatic hydroxyl groups is 1. The first-order valence-electron chi connectivity index (χ1n) is 42.8. The summed E-state index contributed by atoms with van der Waals surface area (Å²) in [6.45, 7) is 14.7. The molecule has 736 valence electrons. The molecule has 48 nitrogen and oxygen atoms in total. The van der Waals surface area contributed by atoms with Gasteiger partial charge in [0.25, 0.3) is 0 Å². The lowest BCUT2D eigenvalue weighted by atomic mass is 9.96. The molecule has 8 amide bonds. The monoisotopic (exact) mass is 1860 g/mol. The Hall–Kier alpha value is -10.5. The third-order valence-corrected chi connectivity index (χ3v) is 19.5. The fourth-order valence-electron chi connectivity index (χ4n) is 14.2. The van der Waals surface area contributed by atoms with Crippen molar-refractivity contribution in [3.8, 4) is 0 Å². The Bertz CT molecular complexity index is 3760. The Kier molecular flexibility index (Phi) is 50.8. The number of esters is 11. The van der Waals surface area contributed by atoms with Crippen molar-refractivity contribution in [3.05, 3.63) is 0 Å². The van der Waals surface area contributed by atoms with Gasteiger partial charge < -0.3 is 142 Å². The number of carbonyl (C=O) groups is 19. The minimum atomic E-state index is -1.58. The van der Waals surface area contributed by atoms with Gasteiger partial charge in [0.15, 0.2) is 67.9 Å². The Morgan fingerprint density at radius 3 is 0.769 bits per heavy atom. The van der Waals surface area contributed by atoms with Gasteiger partial charge in [0, 0.05) is 208 Å². The first kappa shape index (κ1) is 112. The van der Waals surface area contributed by atoms with Crippen LogP contribution in [0.15, 0.2) is 0 Å². The first-order valence-corrected chi connectivity index (χ1v) is 42.8. The second-order valence-electron chi connectivity index (χ2n) is 30.8. The van der Waals surface area contributed by atoms with Crippen molar-refractivity contribution in [2.24, 2.45) is 0 Å². The highest BCUT2D eigenvalue weighted by Crippen LogP contribution is 2.33. The van der Waals surface area contributed by atoms with Gasteiger partial charge in [0.2, 0.25) is 47.3 Å². The van der Waals surface area contributed by atoms with Crippen LogP contribution < -0.4 is 37.2 Å². The lowest BCUT2D eigenvalue weighted by molar-refractivity contribution is -0.277. The van der Waals surface area contributed by atoms with E-state index in [2.05, 4.69) is 37.2 Å². The molecule has 0 aromatic rings. The van der Waals surface area contributed by atoms with E-state index in [-0.39, 0.29) is 168 Å². The normalized spacial score (nSPS) is 25.0. The first-order chi connectivity index (χ1) is 61.4. The van der Waals surface area contributed by atoms with Crippen molar-refractivity contribution < 1.29 is 186 Å². The summed E-state index contributed by atoms with van der Waals surface area (Å²) >= 11 is 0. The van der Waals surface area contributed by atoms with Gasteiger partial charge in [-0.3, -0.25) is 91.1 Å². The number of carbonyl (C=O) groups excluding carboxylic acids is 19. The van der Waals surface area contributed by atoms with Gasteiger partial charge in [0.1, 0.15) is 81.1 Å². The molecule has 0 aromatic heterocycles. The standard InChI is InChI=1S/C82H129N9O39/c1-44(92)86-67-75(123-55(12)103)71(111)59(40-116-48(5)96)127-79(67)112-38-22-18-26-65(109)90(34-30-84-63(107)24-16-20-36-113-80-68(87-45(2)93)76(124-56(13)104)72(120-52(9)100)60(128-80)41-117-49(6)97)32-28-83-29-33-91(66(110)27-19-23-39-115-82-70(89-47(4)95)78(126-58(15)106)74(122-54(11)102)62(130-82)43-119-51(8)99)35-31-85-64(108)25-17-21-37-114-81-69(88-46(3)94)77(125-57(14)105)73(121-53(10)101)61(129-81)42-118-50(7)98/h59-62,67-83,111H,16-43H2,1-15H3,(H,84,107)(H,85,108)(H,86,92)(H,87,93)(H,88,94)(H,89,95)/t59?,60?,61?,62?,67?,68?,69?,70?,71-,72-,73-,74-,75+,76+,77+,78+,79+,80+,81+,82+/m0/s1. The second-order valence-corrected chi connectivity index (χ2v) is 30.8. The topological polar surface area (TPSA) is 611 Å². The molecule has 0 saturated carbocycles. The Morgan fingerprint density at radius 2 is 0.508 bits per heavy atom. The third kappa shape index (κ3) is 42.6. The SMILES string of the molecule is CC(=O)NC1[C@H](OCCCCC(=O)N(CCNCCN(CCNC(=O)CCCCO[C@@H]2OC(COC(C)=O)[C@H](OC(C)=O)[C@H](OC(C)=O)C2NC(C)=O)C(=O)CCCCO[C@@H]2OC(COC(C)=O)[C@H](OC(C)=O)[C@H](OC(C)=O)C2NC(C)=O)CCNC(=O)CCCCO[C@@H]2OC(COC(C)=O)[C@H](OC(C)=O)[C@H](OC(C)=O)C2NC(C)=O)OC(COC(C)=O)[C@H](O)[C@@H]1OC(C)=O. The van der Waals surface area contributed by atoms with Gasteiger partial charge in [-0.2, -0.15) is 0 Å². The molecule has 0 radical (unpaired) electrons. The number of nitrogens with one attached hydrogen (secondary N) is 7. The molecule has 0 aliphatic carbocycles. The largest absolute Gasteiger partial charge is 0.463 e. The zero-order valence-corrected chi connectivity index (χ0v) is 76.2. The van der Waals surface area contributed by atoms with E-state index in [1.54, 1.807) is 0 Å². The van der Waals surface area contributed by atoms with Gasteiger partial charge in [-0.1, -0.05) is 0 Å². The zero-order valence-electron chi connectivity index (χ0n) is 76.2. The molecule has 8 unspecified atom stereocenters. The number of rotatable bonds is 55. The molecule has 4 aliphatic rings. The summed E-state index contributed by atoms with van der Waals surface area (Å²) < 4.78 is 107. The summed E-state index contributed by atoms with van der Waals surface area (Å²) in [5.41, 5.74) is 0. The van der Waals surface area contributed by atoms with Crippen molar-refractivity contribution >= 4 is 113 Å². The van der Waals surface area contributed by atoms with E-state index in [1.165, 1.54) is 37.5 Å². The summed E-state index contributed by atoms with van der Waals surface area (Å²) in [7, 11) is 0. The molecule has 20 atom stereocenters. The third-order valence-electron chi connectivity index (χ3n) is 19.5. The molecule has 0 bridgehead atoms. The number of aliphatic hydroxyl groups excluding tert-OH is 1. The molecule has 0 aromatic carbocycles. The van der Waals surface area contributed by atoms with E-state index in [0.29, 0.717) is 0 Å². The van der Waals surface area contributed by atoms with Crippen LogP contribution in [-0.2, 0) is 181 Å². The van der Waals surface area contributed by atoms with Crippen molar-refractivity contribution in [1.29, 1.82) is 0 Å². The average molecular weight is 1860 g/mol. The van der Waals surface area contributed by atoms with Crippen LogP contribution in [0.1, 0.15) is 181 Å². The summed E-state index contributed by atoms with van der Waals surface area (Å²) in [5, 5.41) is 30.5. The molecule has 4 fully saturated rings. The maximum Gasteiger partial charge on any atom is 0.303 e. The van der Waals surface area contributed by atoms with Crippen LogP contribution in [-0.4, -0.2) is 356 Å². The van der Waals surface area contributed by atoms with Gasteiger partial charge in [0.05, 0.1) is 0 Å². The average Bonchev–Trinajstić information content (AvgIpc) is 0.793. The van der Waals surface area contributed by atoms with Crippen LogP contribution in [0.5, 0.6) is 0 Å². The van der Waals surface area contributed by atoms with Gasteiger partial charge in [-0.15, -0.1) is 0 Å². The predicted octanol–water partition coefficient (Wildman–Crippen LogP) is -2.73. The molecule has 4 rings (SSSR count). The number of ether oxygens (including phenoxy) is 19. The molecule has 0 spiro atoms. The zero-order chi connectivity index (χ0) is 96.9. The minimum Gasteiger partial charge on any atom is -0.463 e. The maximum absolute atomic E-state index is 14.4. The molecular formula is C82H129N9O39. The number of nitrogens with zero attached hydrogens (tertiary/aromatic N) is 2. The lowest BCUT2D eigenvalue weighted by Gasteiger charge is -2.44. The Labute approximate surface area is 752 Å². The van der Waals surface area contributed by atoms with E-state index in [0.717, 1.165) is 76.2 Å². The molecular weight excluding hydrogens is 1730 g/mol. The minimum absolute atomic E-state index is 0.0250. The second kappa shape index (κ2) is 59.0. The highest BCUT2D eigenvalue weighted by Gasteiger charge is 2.55.